The van der Waals surface area contributed by atoms with E-state index in [1.807, 2.05) is 6.07 Å². The second-order valence-electron chi connectivity index (χ2n) is 7.17. The van der Waals surface area contributed by atoms with E-state index < -0.39 is 11.3 Å². The number of amides is 2. The van der Waals surface area contributed by atoms with Crippen molar-refractivity contribution < 1.29 is 18.7 Å². The smallest absolute Gasteiger partial charge is 0.248 e. The van der Waals surface area contributed by atoms with E-state index in [1.165, 1.54) is 17.8 Å². The molecular weight excluding hydrogens is 407 g/mol. The summed E-state index contributed by atoms with van der Waals surface area (Å²) >= 11 is 1.36. The highest BCUT2D eigenvalue weighted by Crippen LogP contribution is 2.24. The lowest BCUT2D eigenvalue weighted by Crippen LogP contribution is -2.52. The van der Waals surface area contributed by atoms with E-state index in [0.29, 0.717) is 36.8 Å². The minimum atomic E-state index is -0.653. The second kappa shape index (κ2) is 9.44. The Hall–Kier alpha value is -2.65. The molecule has 1 aromatic carbocycles. The molecule has 2 atom stereocenters. The Bertz CT molecular complexity index is 905. The van der Waals surface area contributed by atoms with Crippen molar-refractivity contribution in [3.05, 3.63) is 54.0 Å². The molecule has 0 aliphatic carbocycles. The van der Waals surface area contributed by atoms with Crippen molar-refractivity contribution >= 4 is 35.1 Å². The van der Waals surface area contributed by atoms with Crippen molar-refractivity contribution in [2.75, 3.05) is 42.3 Å². The molecule has 158 valence electrons. The van der Waals surface area contributed by atoms with Gasteiger partial charge in [-0.25, -0.2) is 9.37 Å². The molecule has 2 N–H and O–H groups in total. The van der Waals surface area contributed by atoms with Crippen molar-refractivity contribution in [3.8, 4) is 0 Å². The van der Waals surface area contributed by atoms with Gasteiger partial charge in [0.25, 0.3) is 0 Å². The fourth-order valence-electron chi connectivity index (χ4n) is 3.43. The molecule has 4 rings (SSSR count). The van der Waals surface area contributed by atoms with Gasteiger partial charge in [0, 0.05) is 18.8 Å². The number of thioether (sulfide) groups is 1. The maximum atomic E-state index is 13.8. The number of aromatic nitrogens is 1. The number of hydrogen-bond donors (Lipinski definition) is 2. The maximum Gasteiger partial charge on any atom is 0.248 e. The van der Waals surface area contributed by atoms with Crippen molar-refractivity contribution in [1.29, 1.82) is 0 Å². The summed E-state index contributed by atoms with van der Waals surface area (Å²) in [6, 6.07) is 9.43. The summed E-state index contributed by atoms with van der Waals surface area (Å²) in [5.41, 5.74) is 1.48. The third-order valence-electron chi connectivity index (χ3n) is 5.13. The Balaban J connectivity index is 1.30. The molecule has 2 aromatic rings. The number of hydrogen-bond acceptors (Lipinski definition) is 6. The molecule has 1 aromatic heterocycles. The van der Waals surface area contributed by atoms with E-state index in [0.717, 1.165) is 18.8 Å². The fraction of sp³-hybridized carbons (Fsp3) is 0.381. The zero-order valence-electron chi connectivity index (χ0n) is 16.3. The quantitative estimate of drug-likeness (QED) is 0.753. The third kappa shape index (κ3) is 4.91. The Morgan fingerprint density at radius 1 is 1.27 bits per heavy atom. The van der Waals surface area contributed by atoms with Crippen LogP contribution in [-0.2, 0) is 20.7 Å². The van der Waals surface area contributed by atoms with E-state index in [2.05, 4.69) is 20.5 Å². The molecule has 0 spiro atoms. The molecular formula is C21H23FN4O3S. The largest absolute Gasteiger partial charge is 0.378 e. The first-order valence-electron chi connectivity index (χ1n) is 9.85. The topological polar surface area (TPSA) is 83.6 Å². The van der Waals surface area contributed by atoms with E-state index >= 15 is 0 Å². The summed E-state index contributed by atoms with van der Waals surface area (Å²) in [4.78, 5) is 31.5. The van der Waals surface area contributed by atoms with E-state index in [9.17, 15) is 14.0 Å². The van der Waals surface area contributed by atoms with Crippen LogP contribution in [-0.4, -0.2) is 60.1 Å². The monoisotopic (exact) mass is 430 g/mol. The van der Waals surface area contributed by atoms with Crippen molar-refractivity contribution in [1.82, 2.24) is 10.3 Å². The SMILES string of the molecule is O=C(Nc1ccc(N2CCOCC2)cn1)C1CSC(Cc2ccccc2F)C(=O)N1. The number of nitrogens with one attached hydrogen (secondary N) is 2. The number of carbonyl (C=O) groups excluding carboxylic acids is 2. The molecule has 2 unspecified atom stereocenters. The summed E-state index contributed by atoms with van der Waals surface area (Å²) in [6.07, 6.45) is 2.02. The molecule has 0 radical (unpaired) electrons. The number of benzene rings is 1. The molecule has 0 saturated carbocycles. The van der Waals surface area contributed by atoms with Crippen LogP contribution in [0.25, 0.3) is 0 Å². The molecule has 30 heavy (non-hydrogen) atoms. The lowest BCUT2D eigenvalue weighted by molar-refractivity contribution is -0.126. The summed E-state index contributed by atoms with van der Waals surface area (Å²) in [5.74, 6) is -0.0399. The Morgan fingerprint density at radius 2 is 2.07 bits per heavy atom. The Morgan fingerprint density at radius 3 is 2.77 bits per heavy atom. The van der Waals surface area contributed by atoms with Crippen LogP contribution in [0.1, 0.15) is 5.56 Å². The standard InChI is InChI=1S/C21H23FN4O3S/c22-16-4-2-1-3-14(16)11-18-21(28)24-17(13-30-18)20(27)25-19-6-5-15(12-23-19)26-7-9-29-10-8-26/h1-6,12,17-18H,7-11,13H2,(H,24,28)(H,23,25,27). The van der Waals surface area contributed by atoms with Gasteiger partial charge in [0.2, 0.25) is 11.8 Å². The van der Waals surface area contributed by atoms with Gasteiger partial charge in [0.05, 0.1) is 30.3 Å². The summed E-state index contributed by atoms with van der Waals surface area (Å²) in [6.45, 7) is 3.00. The van der Waals surface area contributed by atoms with E-state index in [1.54, 1.807) is 30.5 Å². The molecule has 7 nitrogen and oxygen atoms in total. The highest BCUT2D eigenvalue weighted by molar-refractivity contribution is 8.00. The van der Waals surface area contributed by atoms with Gasteiger partial charge in [-0.3, -0.25) is 9.59 Å². The number of ether oxygens (including phenoxy) is 1. The molecule has 3 heterocycles. The van der Waals surface area contributed by atoms with Gasteiger partial charge < -0.3 is 20.3 Å². The molecule has 2 saturated heterocycles. The number of halogens is 1. The predicted octanol–water partition coefficient (Wildman–Crippen LogP) is 1.84. The van der Waals surface area contributed by atoms with Gasteiger partial charge in [-0.1, -0.05) is 18.2 Å². The van der Waals surface area contributed by atoms with Crippen LogP contribution in [0.3, 0.4) is 0 Å². The summed E-state index contributed by atoms with van der Waals surface area (Å²) in [5, 5.41) is 5.08. The average Bonchev–Trinajstić information content (AvgIpc) is 2.77. The van der Waals surface area contributed by atoms with Gasteiger partial charge in [-0.15, -0.1) is 11.8 Å². The van der Waals surface area contributed by atoms with Crippen LogP contribution in [0.2, 0.25) is 0 Å². The first-order valence-corrected chi connectivity index (χ1v) is 10.9. The first-order chi connectivity index (χ1) is 14.6. The van der Waals surface area contributed by atoms with Gasteiger partial charge in [-0.2, -0.15) is 0 Å². The average molecular weight is 431 g/mol. The highest BCUT2D eigenvalue weighted by atomic mass is 32.2. The first kappa shape index (κ1) is 20.6. The van der Waals surface area contributed by atoms with Crippen molar-refractivity contribution in [2.24, 2.45) is 0 Å². The van der Waals surface area contributed by atoms with Gasteiger partial charge in [0.15, 0.2) is 0 Å². The summed E-state index contributed by atoms with van der Waals surface area (Å²) in [7, 11) is 0. The van der Waals surface area contributed by atoms with Crippen molar-refractivity contribution in [3.63, 3.8) is 0 Å². The predicted molar refractivity (Wildman–Crippen MR) is 114 cm³/mol. The number of rotatable bonds is 5. The van der Waals surface area contributed by atoms with Crippen LogP contribution in [0, 0.1) is 5.82 Å². The maximum absolute atomic E-state index is 13.8. The number of carbonyl (C=O) groups is 2. The van der Waals surface area contributed by atoms with Crippen molar-refractivity contribution in [2.45, 2.75) is 17.7 Å². The normalized spacial score (nSPS) is 21.8. The van der Waals surface area contributed by atoms with Crippen LogP contribution >= 0.6 is 11.8 Å². The Kier molecular flexibility index (Phi) is 6.49. The third-order valence-corrected chi connectivity index (χ3v) is 6.44. The van der Waals surface area contributed by atoms with Crippen LogP contribution in [0.15, 0.2) is 42.6 Å². The van der Waals surface area contributed by atoms with Gasteiger partial charge in [-0.05, 0) is 30.2 Å². The zero-order valence-corrected chi connectivity index (χ0v) is 17.2. The molecule has 2 amide bonds. The lowest BCUT2D eigenvalue weighted by Gasteiger charge is -2.29. The molecule has 0 bridgehead atoms. The van der Waals surface area contributed by atoms with Crippen LogP contribution in [0.5, 0.6) is 0 Å². The number of nitrogens with zero attached hydrogens (tertiary/aromatic N) is 2. The molecule has 2 aliphatic rings. The van der Waals surface area contributed by atoms with Gasteiger partial charge >= 0.3 is 0 Å². The molecule has 2 aliphatic heterocycles. The minimum absolute atomic E-state index is 0.259. The highest BCUT2D eigenvalue weighted by Gasteiger charge is 2.33. The van der Waals surface area contributed by atoms with Gasteiger partial charge in [0.1, 0.15) is 17.7 Å². The molecule has 2 fully saturated rings. The van der Waals surface area contributed by atoms with Crippen LogP contribution < -0.4 is 15.5 Å². The number of morpholine rings is 1. The number of anilines is 2. The van der Waals surface area contributed by atoms with Crippen LogP contribution in [0.4, 0.5) is 15.9 Å². The lowest BCUT2D eigenvalue weighted by atomic mass is 10.1. The molecule has 9 heteroatoms. The minimum Gasteiger partial charge on any atom is -0.378 e. The fourth-order valence-corrected chi connectivity index (χ4v) is 4.61. The zero-order chi connectivity index (χ0) is 20.9. The van der Waals surface area contributed by atoms with E-state index in [4.69, 9.17) is 4.74 Å². The second-order valence-corrected chi connectivity index (χ2v) is 8.40. The van der Waals surface area contributed by atoms with E-state index in [-0.39, 0.29) is 17.6 Å². The Labute approximate surface area is 178 Å². The summed E-state index contributed by atoms with van der Waals surface area (Å²) < 4.78 is 19.2. The number of pyridine rings is 1.